The molecule has 0 aromatic carbocycles. The van der Waals surface area contributed by atoms with Crippen LogP contribution < -0.4 is 5.38 Å². The highest BCUT2D eigenvalue weighted by Crippen LogP contribution is 2.23. The molecule has 160 valence electrons. The molecule has 3 nitrogen and oxygen atoms in total. The molecule has 0 aliphatic rings. The van der Waals surface area contributed by atoms with E-state index in [-0.39, 0.29) is 5.97 Å². The number of carbonyl (C=O) groups is 1. The summed E-state index contributed by atoms with van der Waals surface area (Å²) in [7, 11) is -1.49. The van der Waals surface area contributed by atoms with Gasteiger partial charge in [-0.3, -0.25) is 0 Å². The fourth-order valence-corrected chi connectivity index (χ4v) is 4.33. The highest BCUT2D eigenvalue weighted by atomic mass is 28.3. The number of esters is 1. The number of ether oxygens (including phenoxy) is 1. The number of hydrogen-bond acceptors (Lipinski definition) is 3. The molecule has 0 amide bonds. The molecule has 1 heterocycles. The van der Waals surface area contributed by atoms with Crippen molar-refractivity contribution in [2.45, 2.75) is 104 Å². The van der Waals surface area contributed by atoms with E-state index in [1.165, 1.54) is 57.8 Å². The molecule has 4 heteroatoms. The highest BCUT2D eigenvalue weighted by molar-refractivity contribution is 6.87. The molecule has 0 aliphatic heterocycles. The van der Waals surface area contributed by atoms with Crippen LogP contribution in [0, 0.1) is 0 Å². The summed E-state index contributed by atoms with van der Waals surface area (Å²) >= 11 is 0. The van der Waals surface area contributed by atoms with Gasteiger partial charge in [0.15, 0.2) is 0 Å². The summed E-state index contributed by atoms with van der Waals surface area (Å²) in [5, 5.41) is 1.08. The van der Waals surface area contributed by atoms with Crippen molar-refractivity contribution >= 4 is 25.0 Å². The largest absolute Gasteiger partial charge is 0.474 e. The highest BCUT2D eigenvalue weighted by Gasteiger charge is 2.22. The lowest BCUT2D eigenvalue weighted by molar-refractivity contribution is -0.137. The molecule has 0 saturated carbocycles. The first kappa shape index (κ1) is 24.7. The Kier molecular flexibility index (Phi) is 12.2. The summed E-state index contributed by atoms with van der Waals surface area (Å²) in [6.45, 7) is 11.3. The minimum atomic E-state index is -1.49. The molecule has 28 heavy (non-hydrogen) atoms. The van der Waals surface area contributed by atoms with E-state index in [9.17, 15) is 4.79 Å². The maximum Gasteiger partial charge on any atom is 0.331 e. The van der Waals surface area contributed by atoms with Crippen LogP contribution in [0.15, 0.2) is 22.8 Å². The van der Waals surface area contributed by atoms with Crippen molar-refractivity contribution in [3.8, 4) is 0 Å². The van der Waals surface area contributed by atoms with Crippen LogP contribution in [0.1, 0.15) is 90.0 Å². The molecule has 0 saturated heterocycles. The minimum absolute atomic E-state index is 0.250. The summed E-state index contributed by atoms with van der Waals surface area (Å²) in [5.41, 5.74) is 2.09. The zero-order valence-electron chi connectivity index (χ0n) is 18.9. The monoisotopic (exact) mass is 406 g/mol. The van der Waals surface area contributed by atoms with E-state index in [2.05, 4.69) is 32.6 Å². The fraction of sp³-hybridized carbons (Fsp3) is 0.708. The van der Waals surface area contributed by atoms with E-state index in [4.69, 9.17) is 9.15 Å². The van der Waals surface area contributed by atoms with E-state index >= 15 is 0 Å². The predicted octanol–water partition coefficient (Wildman–Crippen LogP) is 7.08. The average Bonchev–Trinajstić information content (AvgIpc) is 3.13. The first-order valence-electron chi connectivity index (χ1n) is 11.3. The summed E-state index contributed by atoms with van der Waals surface area (Å²) in [6.07, 6.45) is 17.5. The first-order valence-corrected chi connectivity index (χ1v) is 14.8. The maximum atomic E-state index is 12.0. The second-order valence-electron chi connectivity index (χ2n) is 8.80. The molecular weight excluding hydrogens is 364 g/mol. The number of carbonyl (C=O) groups excluding carboxylic acids is 1. The lowest BCUT2D eigenvalue weighted by Gasteiger charge is -2.10. The lowest BCUT2D eigenvalue weighted by Crippen LogP contribution is -2.36. The van der Waals surface area contributed by atoms with Crippen LogP contribution >= 0.6 is 0 Å². The van der Waals surface area contributed by atoms with E-state index in [0.29, 0.717) is 6.61 Å². The number of furan rings is 1. The van der Waals surface area contributed by atoms with Gasteiger partial charge in [0.1, 0.15) is 8.07 Å². The van der Waals surface area contributed by atoms with Gasteiger partial charge in [0, 0.05) is 11.6 Å². The number of unbranched alkanes of at least 4 members (excludes halogenated alkanes) is 9. The van der Waals surface area contributed by atoms with Crippen LogP contribution in [-0.4, -0.2) is 20.7 Å². The topological polar surface area (TPSA) is 39.4 Å². The summed E-state index contributed by atoms with van der Waals surface area (Å²) in [4.78, 5) is 12.0. The Morgan fingerprint density at radius 2 is 1.54 bits per heavy atom. The van der Waals surface area contributed by atoms with Gasteiger partial charge in [-0.15, -0.1) is 0 Å². The summed E-state index contributed by atoms with van der Waals surface area (Å²) in [6, 6.07) is 2.13. The number of allylic oxidation sites excluding steroid dienone is 1. The molecule has 0 atom stereocenters. The lowest BCUT2D eigenvalue weighted by atomic mass is 10.00. The molecule has 0 fully saturated rings. The fourth-order valence-electron chi connectivity index (χ4n) is 3.33. The molecule has 1 rings (SSSR count). The Morgan fingerprint density at radius 3 is 2.04 bits per heavy atom. The van der Waals surface area contributed by atoms with E-state index in [0.717, 1.165) is 29.4 Å². The van der Waals surface area contributed by atoms with Crippen molar-refractivity contribution in [3.05, 3.63) is 24.0 Å². The van der Waals surface area contributed by atoms with Gasteiger partial charge in [-0.25, -0.2) is 4.79 Å². The standard InChI is InChI=1S/C24H42O3Si/c1-6-8-9-10-11-12-13-14-15-16-17-21(18-23(25)26-7-2)22-19-24(27-20-22)28(3,4)5/h18-20H,6-17H2,1-5H3. The predicted molar refractivity (Wildman–Crippen MR) is 123 cm³/mol. The smallest absolute Gasteiger partial charge is 0.331 e. The van der Waals surface area contributed by atoms with Crippen LogP contribution in [0.4, 0.5) is 0 Å². The molecule has 1 aromatic heterocycles. The van der Waals surface area contributed by atoms with Crippen molar-refractivity contribution in [1.82, 2.24) is 0 Å². The van der Waals surface area contributed by atoms with E-state index in [1.54, 1.807) is 6.08 Å². The third kappa shape index (κ3) is 10.3. The normalized spacial score (nSPS) is 12.4. The van der Waals surface area contributed by atoms with Crippen molar-refractivity contribution < 1.29 is 13.9 Å². The van der Waals surface area contributed by atoms with Gasteiger partial charge in [0.2, 0.25) is 0 Å². The van der Waals surface area contributed by atoms with Crippen molar-refractivity contribution in [3.63, 3.8) is 0 Å². The Morgan fingerprint density at radius 1 is 0.964 bits per heavy atom. The Bertz CT molecular complexity index is 581. The summed E-state index contributed by atoms with van der Waals surface area (Å²) in [5.74, 6) is -0.250. The van der Waals surface area contributed by atoms with Gasteiger partial charge < -0.3 is 9.15 Å². The Hall–Kier alpha value is -1.29. The third-order valence-electron chi connectivity index (χ3n) is 5.09. The van der Waals surface area contributed by atoms with E-state index in [1.807, 2.05) is 13.2 Å². The quantitative estimate of drug-likeness (QED) is 0.135. The van der Waals surface area contributed by atoms with Gasteiger partial charge in [-0.1, -0.05) is 84.4 Å². The first-order chi connectivity index (χ1) is 13.4. The van der Waals surface area contributed by atoms with Crippen LogP contribution in [0.5, 0.6) is 0 Å². The molecular formula is C24H42O3Si. The molecule has 0 N–H and O–H groups in total. The molecule has 0 spiro atoms. The van der Waals surface area contributed by atoms with Gasteiger partial charge in [0.05, 0.1) is 18.3 Å². The zero-order chi connectivity index (χ0) is 20.8. The van der Waals surface area contributed by atoms with Crippen molar-refractivity contribution in [2.24, 2.45) is 0 Å². The van der Waals surface area contributed by atoms with E-state index < -0.39 is 8.07 Å². The molecule has 0 unspecified atom stereocenters. The Labute approximate surface area is 173 Å². The third-order valence-corrected chi connectivity index (χ3v) is 6.83. The molecule has 1 aromatic rings. The van der Waals surface area contributed by atoms with Crippen LogP contribution in [0.2, 0.25) is 19.6 Å². The minimum Gasteiger partial charge on any atom is -0.474 e. The second kappa shape index (κ2) is 13.8. The SMILES string of the molecule is CCCCCCCCCCCCC(=CC(=O)OCC)c1coc([Si](C)(C)C)c1. The second-order valence-corrected chi connectivity index (χ2v) is 13.8. The number of hydrogen-bond donors (Lipinski definition) is 0. The van der Waals surface area contributed by atoms with Gasteiger partial charge in [0.25, 0.3) is 0 Å². The van der Waals surface area contributed by atoms with Crippen molar-refractivity contribution in [2.75, 3.05) is 6.61 Å². The van der Waals surface area contributed by atoms with Gasteiger partial charge in [-0.2, -0.15) is 0 Å². The maximum absolute atomic E-state index is 12.0. The van der Waals surface area contributed by atoms with Crippen LogP contribution in [0.25, 0.3) is 5.57 Å². The number of rotatable bonds is 15. The Balaban J connectivity index is 2.47. The van der Waals surface area contributed by atoms with Crippen molar-refractivity contribution in [1.29, 1.82) is 0 Å². The zero-order valence-corrected chi connectivity index (χ0v) is 19.9. The summed E-state index contributed by atoms with van der Waals surface area (Å²) < 4.78 is 11.0. The molecule has 0 aliphatic carbocycles. The van der Waals surface area contributed by atoms with Gasteiger partial charge in [-0.05, 0) is 31.4 Å². The molecule has 0 radical (unpaired) electrons. The van der Waals surface area contributed by atoms with Crippen LogP contribution in [-0.2, 0) is 9.53 Å². The molecule has 0 bridgehead atoms. The average molecular weight is 407 g/mol. The van der Waals surface area contributed by atoms with Crippen LogP contribution in [0.3, 0.4) is 0 Å². The van der Waals surface area contributed by atoms with Gasteiger partial charge >= 0.3 is 5.97 Å².